The number of nitrogens with zero attached hydrogens (tertiary/aromatic N) is 2. The number of rotatable bonds is 7. The molecule has 0 aliphatic heterocycles. The molecule has 0 saturated heterocycles. The first kappa shape index (κ1) is 20.3. The Balaban J connectivity index is 1.46. The molecule has 6 heteroatoms. The van der Waals surface area contributed by atoms with Gasteiger partial charge in [0, 0.05) is 10.5 Å². The zero-order chi connectivity index (χ0) is 21.8. The normalized spacial score (nSPS) is 10.9. The Morgan fingerprint density at radius 2 is 1.41 bits per heavy atom. The number of oxazole rings is 1. The van der Waals surface area contributed by atoms with Gasteiger partial charge in [0.25, 0.3) is 0 Å². The van der Waals surface area contributed by atoms with Crippen LogP contribution in [0.25, 0.3) is 22.6 Å². The molecule has 0 unspecified atom stereocenters. The number of aromatic nitrogens is 2. The second-order valence-electron chi connectivity index (χ2n) is 7.18. The Morgan fingerprint density at radius 3 is 2.12 bits per heavy atom. The van der Waals surface area contributed by atoms with Crippen molar-refractivity contribution in [3.8, 4) is 23.2 Å². The molecule has 0 fully saturated rings. The summed E-state index contributed by atoms with van der Waals surface area (Å²) in [4.78, 5) is 9.24. The highest BCUT2D eigenvalue weighted by Gasteiger charge is 2.17. The van der Waals surface area contributed by atoms with Crippen molar-refractivity contribution in [3.63, 3.8) is 0 Å². The summed E-state index contributed by atoms with van der Waals surface area (Å²) in [6, 6.07) is 29.3. The van der Waals surface area contributed by atoms with Gasteiger partial charge in [0.2, 0.25) is 17.7 Å². The van der Waals surface area contributed by atoms with E-state index < -0.39 is 0 Å². The lowest BCUT2D eigenvalue weighted by molar-refractivity contribution is 0.268. The number of hydrogen-bond acceptors (Lipinski definition) is 5. The molecule has 32 heavy (non-hydrogen) atoms. The van der Waals surface area contributed by atoms with Crippen LogP contribution in [0, 0.1) is 0 Å². The van der Waals surface area contributed by atoms with Crippen LogP contribution >= 0.6 is 15.9 Å². The lowest BCUT2D eigenvalue weighted by Gasteiger charge is -2.11. The van der Waals surface area contributed by atoms with Crippen molar-refractivity contribution in [1.29, 1.82) is 0 Å². The molecule has 0 N–H and O–H groups in total. The highest BCUT2D eigenvalue weighted by Crippen LogP contribution is 2.33. The second kappa shape index (κ2) is 9.24. The van der Waals surface area contributed by atoms with Crippen molar-refractivity contribution in [2.45, 2.75) is 13.2 Å². The van der Waals surface area contributed by atoms with Crippen LogP contribution in [0.15, 0.2) is 99.9 Å². The molecule has 5 rings (SSSR count). The van der Waals surface area contributed by atoms with Gasteiger partial charge in [-0.25, -0.2) is 4.98 Å². The molecule has 2 aromatic heterocycles. The molecule has 0 aliphatic carbocycles. The SMILES string of the molecule is Brc1ccc2oc(-c3ccc(OCc4ccccc4)nc3OCc3ccccc3)nc2c1. The second-order valence-corrected chi connectivity index (χ2v) is 8.10. The van der Waals surface area contributed by atoms with Gasteiger partial charge in [-0.2, -0.15) is 4.98 Å². The van der Waals surface area contributed by atoms with Crippen LogP contribution in [-0.2, 0) is 13.2 Å². The smallest absolute Gasteiger partial charge is 0.232 e. The Morgan fingerprint density at radius 1 is 0.719 bits per heavy atom. The third kappa shape index (κ3) is 4.65. The summed E-state index contributed by atoms with van der Waals surface area (Å²) < 4.78 is 18.9. The summed E-state index contributed by atoms with van der Waals surface area (Å²) in [6.07, 6.45) is 0. The van der Waals surface area contributed by atoms with Gasteiger partial charge in [0.05, 0.1) is 5.56 Å². The fourth-order valence-electron chi connectivity index (χ4n) is 3.25. The summed E-state index contributed by atoms with van der Waals surface area (Å²) in [5.74, 6) is 1.33. The highest BCUT2D eigenvalue weighted by atomic mass is 79.9. The number of halogens is 1. The highest BCUT2D eigenvalue weighted by molar-refractivity contribution is 9.10. The van der Waals surface area contributed by atoms with Gasteiger partial charge >= 0.3 is 0 Å². The summed E-state index contributed by atoms with van der Waals surface area (Å²) in [5, 5.41) is 0. The predicted molar refractivity (Wildman–Crippen MR) is 126 cm³/mol. The molecular weight excluding hydrogens is 468 g/mol. The first-order valence-corrected chi connectivity index (χ1v) is 10.9. The zero-order valence-corrected chi connectivity index (χ0v) is 18.7. The molecule has 5 aromatic rings. The van der Waals surface area contributed by atoms with Gasteiger partial charge in [-0.15, -0.1) is 0 Å². The molecule has 0 aliphatic rings. The van der Waals surface area contributed by atoms with E-state index in [0.717, 1.165) is 21.1 Å². The molecule has 0 amide bonds. The summed E-state index contributed by atoms with van der Waals surface area (Å²) in [7, 11) is 0. The van der Waals surface area contributed by atoms with E-state index in [1.807, 2.05) is 84.9 Å². The average molecular weight is 487 g/mol. The molecular formula is C26H19BrN2O3. The molecule has 0 bridgehead atoms. The van der Waals surface area contributed by atoms with Gasteiger partial charge in [-0.1, -0.05) is 76.6 Å². The number of hydrogen-bond donors (Lipinski definition) is 0. The van der Waals surface area contributed by atoms with Crippen molar-refractivity contribution in [3.05, 3.63) is 107 Å². The van der Waals surface area contributed by atoms with Gasteiger partial charge in [-0.3, -0.25) is 0 Å². The minimum Gasteiger partial charge on any atom is -0.473 e. The Labute approximate surface area is 193 Å². The minimum absolute atomic E-state index is 0.370. The quantitative estimate of drug-likeness (QED) is 0.253. The third-order valence-electron chi connectivity index (χ3n) is 4.86. The molecule has 0 spiro atoms. The standard InChI is InChI=1S/C26H19BrN2O3/c27-20-11-13-23-22(15-20)28-26(32-23)21-12-14-24(30-16-18-7-3-1-4-8-18)29-25(21)31-17-19-9-5-2-6-10-19/h1-15H,16-17H2. The maximum absolute atomic E-state index is 6.09. The van der Waals surface area contributed by atoms with Crippen molar-refractivity contribution < 1.29 is 13.9 Å². The summed E-state index contributed by atoms with van der Waals surface area (Å²) in [6.45, 7) is 0.789. The van der Waals surface area contributed by atoms with E-state index in [2.05, 4.69) is 25.9 Å². The zero-order valence-electron chi connectivity index (χ0n) is 17.1. The van der Waals surface area contributed by atoms with Crippen LogP contribution in [0.3, 0.4) is 0 Å². The third-order valence-corrected chi connectivity index (χ3v) is 5.36. The van der Waals surface area contributed by atoms with Crippen LogP contribution < -0.4 is 9.47 Å². The summed E-state index contributed by atoms with van der Waals surface area (Å²) in [5.41, 5.74) is 4.22. The lowest BCUT2D eigenvalue weighted by Crippen LogP contribution is -2.02. The molecule has 0 radical (unpaired) electrons. The van der Waals surface area contributed by atoms with Crippen molar-refractivity contribution in [2.75, 3.05) is 0 Å². The first-order valence-electron chi connectivity index (χ1n) is 10.2. The average Bonchev–Trinajstić information content (AvgIpc) is 3.26. The van der Waals surface area contributed by atoms with Gasteiger partial charge in [0.15, 0.2) is 5.58 Å². The number of fused-ring (bicyclic) bond motifs is 1. The van der Waals surface area contributed by atoms with Crippen LogP contribution in [0.4, 0.5) is 0 Å². The van der Waals surface area contributed by atoms with E-state index in [-0.39, 0.29) is 0 Å². The maximum atomic E-state index is 6.09. The number of ether oxygens (including phenoxy) is 2. The van der Waals surface area contributed by atoms with E-state index in [1.54, 1.807) is 6.07 Å². The van der Waals surface area contributed by atoms with Gasteiger partial charge in [-0.05, 0) is 35.4 Å². The Hall–Kier alpha value is -3.64. The molecule has 2 heterocycles. The van der Waals surface area contributed by atoms with E-state index in [4.69, 9.17) is 13.9 Å². The largest absolute Gasteiger partial charge is 0.473 e. The van der Waals surface area contributed by atoms with Crippen molar-refractivity contribution in [1.82, 2.24) is 9.97 Å². The fraction of sp³-hybridized carbons (Fsp3) is 0.0769. The molecule has 5 nitrogen and oxygen atoms in total. The van der Waals surface area contributed by atoms with E-state index in [0.29, 0.717) is 42.0 Å². The van der Waals surface area contributed by atoms with Crippen LogP contribution in [-0.4, -0.2) is 9.97 Å². The Kier molecular flexibility index (Phi) is 5.85. The minimum atomic E-state index is 0.370. The fourth-order valence-corrected chi connectivity index (χ4v) is 3.60. The predicted octanol–water partition coefficient (Wildman–Crippen LogP) is 6.81. The molecule has 3 aromatic carbocycles. The monoisotopic (exact) mass is 486 g/mol. The van der Waals surface area contributed by atoms with Crippen LogP contribution in [0.5, 0.6) is 11.8 Å². The molecule has 0 saturated carbocycles. The van der Waals surface area contributed by atoms with Crippen LogP contribution in [0.2, 0.25) is 0 Å². The maximum Gasteiger partial charge on any atom is 0.232 e. The lowest BCUT2D eigenvalue weighted by atomic mass is 10.2. The Bertz CT molecular complexity index is 1340. The number of pyridine rings is 1. The molecule has 158 valence electrons. The number of benzene rings is 3. The summed E-state index contributed by atoms with van der Waals surface area (Å²) >= 11 is 3.47. The van der Waals surface area contributed by atoms with Crippen molar-refractivity contribution in [2.24, 2.45) is 0 Å². The van der Waals surface area contributed by atoms with E-state index in [1.165, 1.54) is 0 Å². The first-order chi connectivity index (χ1) is 15.7. The van der Waals surface area contributed by atoms with Crippen molar-refractivity contribution >= 4 is 27.0 Å². The molecule has 0 atom stereocenters. The topological polar surface area (TPSA) is 57.4 Å². The van der Waals surface area contributed by atoms with E-state index >= 15 is 0 Å². The van der Waals surface area contributed by atoms with E-state index in [9.17, 15) is 0 Å². The van der Waals surface area contributed by atoms with Gasteiger partial charge < -0.3 is 13.9 Å². The van der Waals surface area contributed by atoms with Crippen LogP contribution in [0.1, 0.15) is 11.1 Å². The van der Waals surface area contributed by atoms with Gasteiger partial charge in [0.1, 0.15) is 18.7 Å².